The Hall–Kier alpha value is -1.94. The van der Waals surface area contributed by atoms with Gasteiger partial charge in [-0.2, -0.15) is 0 Å². The summed E-state index contributed by atoms with van der Waals surface area (Å²) in [5.41, 5.74) is 1.98. The Labute approximate surface area is 117 Å². The Balaban J connectivity index is 2.20. The lowest BCUT2D eigenvalue weighted by Crippen LogP contribution is -2.11. The van der Waals surface area contributed by atoms with E-state index in [4.69, 9.17) is 11.6 Å². The molecule has 0 unspecified atom stereocenters. The molecule has 0 radical (unpaired) electrons. The van der Waals surface area contributed by atoms with Crippen molar-refractivity contribution in [2.75, 3.05) is 11.9 Å². The molecule has 1 aromatic heterocycles. The number of anilines is 2. The fraction of sp³-hybridized carbons (Fsp3) is 0.214. The molecule has 0 fully saturated rings. The summed E-state index contributed by atoms with van der Waals surface area (Å²) in [6.45, 7) is 1.59. The quantitative estimate of drug-likeness (QED) is 0.805. The Morgan fingerprint density at radius 2 is 1.95 bits per heavy atom. The first-order valence-electron chi connectivity index (χ1n) is 5.87. The third-order valence-electron chi connectivity index (χ3n) is 2.73. The van der Waals surface area contributed by atoms with Crippen molar-refractivity contribution >= 4 is 28.9 Å². The molecular weight excluding hydrogens is 262 g/mol. The molecule has 1 aromatic carbocycles. The van der Waals surface area contributed by atoms with Gasteiger partial charge >= 0.3 is 0 Å². The summed E-state index contributed by atoms with van der Waals surface area (Å²) in [5.74, 6) is 0.878. The summed E-state index contributed by atoms with van der Waals surface area (Å²) in [7, 11) is 1.90. The number of Topliss-reactive ketones (excluding diaryl/α,β-unsaturated/α-hetero) is 1. The van der Waals surface area contributed by atoms with E-state index in [9.17, 15) is 4.79 Å². The average Bonchev–Trinajstić information content (AvgIpc) is 2.38. The Morgan fingerprint density at radius 1 is 1.26 bits per heavy atom. The molecule has 2 aromatic rings. The van der Waals surface area contributed by atoms with Crippen LogP contribution in [0.4, 0.5) is 11.5 Å². The maximum Gasteiger partial charge on any atom is 0.224 e. The van der Waals surface area contributed by atoms with Crippen LogP contribution in [-0.2, 0) is 11.2 Å². The Morgan fingerprint density at radius 3 is 2.53 bits per heavy atom. The molecule has 0 amide bonds. The van der Waals surface area contributed by atoms with Gasteiger partial charge < -0.3 is 4.90 Å². The maximum absolute atomic E-state index is 11.0. The minimum atomic E-state index is 0.156. The number of nitrogens with zero attached hydrogens (tertiary/aromatic N) is 3. The first-order valence-corrected chi connectivity index (χ1v) is 6.24. The minimum absolute atomic E-state index is 0.156. The molecule has 19 heavy (non-hydrogen) atoms. The summed E-state index contributed by atoms with van der Waals surface area (Å²) < 4.78 is 0. The van der Waals surface area contributed by atoms with E-state index in [-0.39, 0.29) is 11.1 Å². The van der Waals surface area contributed by atoms with Crippen LogP contribution in [0.15, 0.2) is 36.5 Å². The van der Waals surface area contributed by atoms with Crippen LogP contribution < -0.4 is 4.90 Å². The predicted molar refractivity (Wildman–Crippen MR) is 75.9 cm³/mol. The molecule has 0 aliphatic rings. The van der Waals surface area contributed by atoms with Gasteiger partial charge in [-0.05, 0) is 42.3 Å². The molecule has 0 saturated carbocycles. The molecule has 98 valence electrons. The molecule has 0 bridgehead atoms. The van der Waals surface area contributed by atoms with E-state index in [1.807, 2.05) is 36.2 Å². The van der Waals surface area contributed by atoms with E-state index in [0.29, 0.717) is 6.42 Å². The second kappa shape index (κ2) is 5.80. The molecule has 4 nitrogen and oxygen atoms in total. The van der Waals surface area contributed by atoms with Gasteiger partial charge in [0.25, 0.3) is 0 Å². The van der Waals surface area contributed by atoms with Crippen LogP contribution in [0.2, 0.25) is 5.28 Å². The van der Waals surface area contributed by atoms with Crippen LogP contribution in [0.25, 0.3) is 0 Å². The van der Waals surface area contributed by atoms with Crippen LogP contribution in [0.3, 0.4) is 0 Å². The van der Waals surface area contributed by atoms with E-state index in [1.165, 1.54) is 0 Å². The zero-order valence-electron chi connectivity index (χ0n) is 10.8. The highest BCUT2D eigenvalue weighted by atomic mass is 35.5. The first kappa shape index (κ1) is 13.5. The van der Waals surface area contributed by atoms with Gasteiger partial charge in [-0.25, -0.2) is 9.97 Å². The van der Waals surface area contributed by atoms with Gasteiger partial charge in [0.05, 0.1) is 0 Å². The van der Waals surface area contributed by atoms with Gasteiger partial charge in [0.1, 0.15) is 11.6 Å². The van der Waals surface area contributed by atoms with Crippen molar-refractivity contribution in [3.8, 4) is 0 Å². The lowest BCUT2D eigenvalue weighted by molar-refractivity contribution is -0.116. The van der Waals surface area contributed by atoms with Crippen molar-refractivity contribution in [3.05, 3.63) is 47.4 Å². The standard InChI is InChI=1S/C14H14ClN3O/c1-10(19)9-11-3-5-12(6-4-11)18(2)13-7-8-16-14(15)17-13/h3-8H,9H2,1-2H3. The molecule has 0 N–H and O–H groups in total. The van der Waals surface area contributed by atoms with Crippen LogP contribution in [0.1, 0.15) is 12.5 Å². The zero-order chi connectivity index (χ0) is 13.8. The number of carbonyl (C=O) groups excluding carboxylic acids is 1. The normalized spacial score (nSPS) is 10.3. The highest BCUT2D eigenvalue weighted by molar-refractivity contribution is 6.28. The van der Waals surface area contributed by atoms with E-state index < -0.39 is 0 Å². The molecule has 0 spiro atoms. The van der Waals surface area contributed by atoms with Gasteiger partial charge in [0.2, 0.25) is 5.28 Å². The van der Waals surface area contributed by atoms with Gasteiger partial charge in [-0.3, -0.25) is 4.79 Å². The van der Waals surface area contributed by atoms with Crippen molar-refractivity contribution in [3.63, 3.8) is 0 Å². The highest BCUT2D eigenvalue weighted by Crippen LogP contribution is 2.22. The van der Waals surface area contributed by atoms with Crippen molar-refractivity contribution in [1.82, 2.24) is 9.97 Å². The fourth-order valence-corrected chi connectivity index (χ4v) is 1.91. The third-order valence-corrected chi connectivity index (χ3v) is 2.91. The lowest BCUT2D eigenvalue weighted by Gasteiger charge is -2.18. The SMILES string of the molecule is CC(=O)Cc1ccc(N(C)c2ccnc(Cl)n2)cc1. The number of ketones is 1. The average molecular weight is 276 g/mol. The number of halogens is 1. The van der Waals surface area contributed by atoms with E-state index in [0.717, 1.165) is 17.1 Å². The number of hydrogen-bond donors (Lipinski definition) is 0. The molecule has 0 saturated heterocycles. The summed E-state index contributed by atoms with van der Waals surface area (Å²) in [6, 6.07) is 9.57. The van der Waals surface area contributed by atoms with E-state index in [2.05, 4.69) is 9.97 Å². The van der Waals surface area contributed by atoms with Crippen molar-refractivity contribution in [2.45, 2.75) is 13.3 Å². The van der Waals surface area contributed by atoms with Crippen molar-refractivity contribution in [1.29, 1.82) is 0 Å². The van der Waals surface area contributed by atoms with Gasteiger partial charge in [0, 0.05) is 25.4 Å². The summed E-state index contributed by atoms with van der Waals surface area (Å²) in [4.78, 5) is 21.0. The summed E-state index contributed by atoms with van der Waals surface area (Å²) in [6.07, 6.45) is 2.08. The number of carbonyl (C=O) groups is 1. The molecule has 2 rings (SSSR count). The van der Waals surface area contributed by atoms with Crippen LogP contribution in [-0.4, -0.2) is 22.8 Å². The fourth-order valence-electron chi connectivity index (χ4n) is 1.77. The topological polar surface area (TPSA) is 46.1 Å². The Kier molecular flexibility index (Phi) is 4.12. The summed E-state index contributed by atoms with van der Waals surface area (Å²) in [5, 5.41) is 0.220. The van der Waals surface area contributed by atoms with E-state index >= 15 is 0 Å². The maximum atomic E-state index is 11.0. The predicted octanol–water partition coefficient (Wildman–Crippen LogP) is 3.03. The van der Waals surface area contributed by atoms with Crippen molar-refractivity contribution in [2.24, 2.45) is 0 Å². The molecule has 1 heterocycles. The van der Waals surface area contributed by atoms with E-state index in [1.54, 1.807) is 19.2 Å². The number of rotatable bonds is 4. The van der Waals surface area contributed by atoms with Gasteiger partial charge in [0.15, 0.2) is 0 Å². The monoisotopic (exact) mass is 275 g/mol. The molecular formula is C14H14ClN3O. The smallest absolute Gasteiger partial charge is 0.224 e. The molecule has 0 atom stereocenters. The molecule has 0 aliphatic carbocycles. The number of benzene rings is 1. The largest absolute Gasteiger partial charge is 0.329 e. The van der Waals surface area contributed by atoms with Crippen LogP contribution in [0.5, 0.6) is 0 Å². The second-order valence-corrected chi connectivity index (χ2v) is 4.63. The third kappa shape index (κ3) is 3.51. The second-order valence-electron chi connectivity index (χ2n) is 4.29. The molecule has 0 aliphatic heterocycles. The summed E-state index contributed by atoms with van der Waals surface area (Å²) >= 11 is 5.77. The first-order chi connectivity index (χ1) is 9.06. The number of hydrogen-bond acceptors (Lipinski definition) is 4. The lowest BCUT2D eigenvalue weighted by atomic mass is 10.1. The highest BCUT2D eigenvalue weighted by Gasteiger charge is 2.06. The van der Waals surface area contributed by atoms with Crippen LogP contribution in [0, 0.1) is 0 Å². The minimum Gasteiger partial charge on any atom is -0.329 e. The molecule has 5 heteroatoms. The number of aromatic nitrogens is 2. The Bertz CT molecular complexity index is 583. The van der Waals surface area contributed by atoms with Crippen LogP contribution >= 0.6 is 11.6 Å². The van der Waals surface area contributed by atoms with Crippen molar-refractivity contribution < 1.29 is 4.79 Å². The zero-order valence-corrected chi connectivity index (χ0v) is 11.6. The van der Waals surface area contributed by atoms with Gasteiger partial charge in [-0.1, -0.05) is 12.1 Å². The van der Waals surface area contributed by atoms with Gasteiger partial charge in [-0.15, -0.1) is 0 Å².